The molecule has 2 fully saturated rings. The number of nitrogens with zero attached hydrogens (tertiary/aromatic N) is 4. The van der Waals surface area contributed by atoms with Crippen LogP contribution < -0.4 is 5.32 Å². The molecule has 1 aromatic heterocycles. The first-order chi connectivity index (χ1) is 12.8. The van der Waals surface area contributed by atoms with Crippen molar-refractivity contribution in [3.63, 3.8) is 0 Å². The summed E-state index contributed by atoms with van der Waals surface area (Å²) in [6, 6.07) is 10.7. The fourth-order valence-electron chi connectivity index (χ4n) is 4.23. The van der Waals surface area contributed by atoms with Crippen LogP contribution in [0, 0.1) is 5.92 Å². The Labute approximate surface area is 153 Å². The van der Waals surface area contributed by atoms with Gasteiger partial charge in [-0.25, -0.2) is 14.5 Å². The molecule has 3 heterocycles. The molecule has 0 aliphatic carbocycles. The summed E-state index contributed by atoms with van der Waals surface area (Å²) < 4.78 is 7.53. The van der Waals surface area contributed by atoms with Crippen LogP contribution in [0.4, 0.5) is 4.79 Å². The lowest BCUT2D eigenvalue weighted by Crippen LogP contribution is -2.46. The maximum Gasteiger partial charge on any atom is 0.318 e. The summed E-state index contributed by atoms with van der Waals surface area (Å²) in [5.41, 5.74) is 1.29. The van der Waals surface area contributed by atoms with Gasteiger partial charge in [0.05, 0.1) is 13.2 Å². The molecule has 4 rings (SSSR count). The highest BCUT2D eigenvalue weighted by molar-refractivity contribution is 5.75. The largest absolute Gasteiger partial charge is 0.381 e. The van der Waals surface area contributed by atoms with E-state index in [2.05, 4.69) is 39.7 Å². The predicted octanol–water partition coefficient (Wildman–Crippen LogP) is 2.01. The molecule has 0 saturated carbocycles. The van der Waals surface area contributed by atoms with Gasteiger partial charge >= 0.3 is 6.03 Å². The molecule has 138 valence electrons. The SMILES string of the molecule is CCn1ncnc1CNC(=O)N1CC(c2ccccc2)C2COCCC21. The number of nitrogens with one attached hydrogen (secondary N) is 1. The third-order valence-electron chi connectivity index (χ3n) is 5.55. The van der Waals surface area contributed by atoms with Crippen LogP contribution in [-0.2, 0) is 17.8 Å². The van der Waals surface area contributed by atoms with E-state index in [0.717, 1.165) is 38.5 Å². The molecule has 3 atom stereocenters. The van der Waals surface area contributed by atoms with Crippen LogP contribution in [0.1, 0.15) is 30.7 Å². The standard InChI is InChI=1S/C19H25N5O2/c1-2-24-18(21-13-22-24)10-20-19(25)23-11-15(14-6-4-3-5-7-14)16-12-26-9-8-17(16)23/h3-7,13,15-17H,2,8-12H2,1H3,(H,20,25). The number of hydrogen-bond donors (Lipinski definition) is 1. The van der Waals surface area contributed by atoms with Crippen LogP contribution in [0.2, 0.25) is 0 Å². The second-order valence-electron chi connectivity index (χ2n) is 6.92. The number of urea groups is 1. The zero-order valence-corrected chi connectivity index (χ0v) is 15.0. The highest BCUT2D eigenvalue weighted by Gasteiger charge is 2.45. The van der Waals surface area contributed by atoms with Crippen molar-refractivity contribution >= 4 is 6.03 Å². The summed E-state index contributed by atoms with van der Waals surface area (Å²) in [5, 5.41) is 7.18. The molecule has 2 aromatic rings. The van der Waals surface area contributed by atoms with Gasteiger partial charge in [-0.1, -0.05) is 30.3 Å². The smallest absolute Gasteiger partial charge is 0.318 e. The molecule has 0 radical (unpaired) electrons. The molecule has 7 heteroatoms. The lowest BCUT2D eigenvalue weighted by molar-refractivity contribution is 0.0261. The van der Waals surface area contributed by atoms with Gasteiger partial charge in [0.1, 0.15) is 12.2 Å². The number of likely N-dealkylation sites (tertiary alicyclic amines) is 1. The molecule has 1 aromatic carbocycles. The lowest BCUT2D eigenvalue weighted by atomic mass is 9.84. The Morgan fingerprint density at radius 3 is 3.00 bits per heavy atom. The third-order valence-corrected chi connectivity index (χ3v) is 5.55. The molecular formula is C19H25N5O2. The number of fused-ring (bicyclic) bond motifs is 1. The minimum atomic E-state index is -0.0222. The molecule has 0 bridgehead atoms. The minimum Gasteiger partial charge on any atom is -0.381 e. The van der Waals surface area contributed by atoms with Crippen molar-refractivity contribution in [1.82, 2.24) is 25.0 Å². The number of rotatable bonds is 4. The van der Waals surface area contributed by atoms with E-state index in [1.54, 1.807) is 4.68 Å². The molecule has 0 spiro atoms. The Morgan fingerprint density at radius 2 is 2.19 bits per heavy atom. The summed E-state index contributed by atoms with van der Waals surface area (Å²) in [6.45, 7) is 5.32. The van der Waals surface area contributed by atoms with Gasteiger partial charge in [-0.15, -0.1) is 0 Å². The van der Waals surface area contributed by atoms with E-state index in [4.69, 9.17) is 4.74 Å². The Morgan fingerprint density at radius 1 is 1.35 bits per heavy atom. The fraction of sp³-hybridized carbons (Fsp3) is 0.526. The van der Waals surface area contributed by atoms with E-state index in [0.29, 0.717) is 18.4 Å². The van der Waals surface area contributed by atoms with Crippen molar-refractivity contribution in [2.75, 3.05) is 19.8 Å². The molecule has 3 unspecified atom stereocenters. The van der Waals surface area contributed by atoms with Crippen molar-refractivity contribution in [3.8, 4) is 0 Å². The van der Waals surface area contributed by atoms with E-state index in [1.165, 1.54) is 11.9 Å². The van der Waals surface area contributed by atoms with Gasteiger partial charge in [-0.05, 0) is 18.9 Å². The van der Waals surface area contributed by atoms with Crippen molar-refractivity contribution < 1.29 is 9.53 Å². The van der Waals surface area contributed by atoms with E-state index in [-0.39, 0.29) is 12.1 Å². The van der Waals surface area contributed by atoms with Crippen LogP contribution in [0.3, 0.4) is 0 Å². The topological polar surface area (TPSA) is 72.3 Å². The molecule has 2 saturated heterocycles. The summed E-state index contributed by atoms with van der Waals surface area (Å²) in [5.74, 6) is 1.46. The van der Waals surface area contributed by atoms with Crippen LogP contribution in [0.25, 0.3) is 0 Å². The van der Waals surface area contributed by atoms with Crippen LogP contribution in [-0.4, -0.2) is 51.5 Å². The van der Waals surface area contributed by atoms with Gasteiger partial charge in [0, 0.05) is 37.6 Å². The maximum absolute atomic E-state index is 12.9. The number of carbonyl (C=O) groups is 1. The van der Waals surface area contributed by atoms with Crippen LogP contribution in [0.5, 0.6) is 0 Å². The van der Waals surface area contributed by atoms with Crippen molar-refractivity contribution in [2.45, 2.75) is 38.4 Å². The van der Waals surface area contributed by atoms with E-state index < -0.39 is 0 Å². The molecule has 1 N–H and O–H groups in total. The quantitative estimate of drug-likeness (QED) is 0.911. The Hall–Kier alpha value is -2.41. The normalized spacial score (nSPS) is 25.1. The van der Waals surface area contributed by atoms with Gasteiger partial charge in [0.15, 0.2) is 0 Å². The van der Waals surface area contributed by atoms with Crippen molar-refractivity contribution in [3.05, 3.63) is 48.0 Å². The van der Waals surface area contributed by atoms with E-state index in [9.17, 15) is 4.79 Å². The highest BCUT2D eigenvalue weighted by atomic mass is 16.5. The number of hydrogen-bond acceptors (Lipinski definition) is 4. The first-order valence-corrected chi connectivity index (χ1v) is 9.31. The van der Waals surface area contributed by atoms with Gasteiger partial charge in [-0.3, -0.25) is 0 Å². The lowest BCUT2D eigenvalue weighted by Gasteiger charge is -2.32. The zero-order valence-electron chi connectivity index (χ0n) is 15.0. The van der Waals surface area contributed by atoms with Crippen molar-refractivity contribution in [1.29, 1.82) is 0 Å². The van der Waals surface area contributed by atoms with Gasteiger partial charge in [0.2, 0.25) is 0 Å². The van der Waals surface area contributed by atoms with E-state index >= 15 is 0 Å². The average Bonchev–Trinajstić information content (AvgIpc) is 3.31. The van der Waals surface area contributed by atoms with Crippen LogP contribution >= 0.6 is 0 Å². The van der Waals surface area contributed by atoms with Crippen LogP contribution in [0.15, 0.2) is 36.7 Å². The average molecular weight is 355 g/mol. The molecule has 2 aliphatic rings. The number of aromatic nitrogens is 3. The molecular weight excluding hydrogens is 330 g/mol. The summed E-state index contributed by atoms with van der Waals surface area (Å²) in [7, 11) is 0. The second kappa shape index (κ2) is 7.45. The second-order valence-corrected chi connectivity index (χ2v) is 6.92. The fourth-order valence-corrected chi connectivity index (χ4v) is 4.23. The summed E-state index contributed by atoms with van der Waals surface area (Å²) >= 11 is 0. The van der Waals surface area contributed by atoms with Gasteiger partial charge in [-0.2, -0.15) is 5.10 Å². The molecule has 2 aliphatic heterocycles. The number of aryl methyl sites for hydroxylation is 1. The number of amides is 2. The van der Waals surface area contributed by atoms with E-state index in [1.807, 2.05) is 17.9 Å². The van der Waals surface area contributed by atoms with Gasteiger partial charge < -0.3 is 15.0 Å². The zero-order chi connectivity index (χ0) is 17.9. The summed E-state index contributed by atoms with van der Waals surface area (Å²) in [6.07, 6.45) is 2.42. The highest BCUT2D eigenvalue weighted by Crippen LogP contribution is 2.40. The first kappa shape index (κ1) is 17.0. The summed E-state index contributed by atoms with van der Waals surface area (Å²) in [4.78, 5) is 19.1. The number of benzene rings is 1. The van der Waals surface area contributed by atoms with Gasteiger partial charge in [0.25, 0.3) is 0 Å². The number of ether oxygens (including phenoxy) is 1. The molecule has 2 amide bonds. The number of carbonyl (C=O) groups excluding carboxylic acids is 1. The molecule has 26 heavy (non-hydrogen) atoms. The Balaban J connectivity index is 1.47. The first-order valence-electron chi connectivity index (χ1n) is 9.31. The monoisotopic (exact) mass is 355 g/mol. The predicted molar refractivity (Wildman–Crippen MR) is 96.5 cm³/mol. The third kappa shape index (κ3) is 3.19. The minimum absolute atomic E-state index is 0.0222. The molecule has 7 nitrogen and oxygen atoms in total. The Kier molecular flexibility index (Phi) is 4.88. The Bertz CT molecular complexity index is 747. The van der Waals surface area contributed by atoms with Crippen molar-refractivity contribution in [2.24, 2.45) is 5.92 Å². The maximum atomic E-state index is 12.9.